The topological polar surface area (TPSA) is 130 Å². The van der Waals surface area contributed by atoms with E-state index in [1.807, 2.05) is 12.3 Å². The van der Waals surface area contributed by atoms with Crippen molar-refractivity contribution in [2.45, 2.75) is 19.3 Å². The Morgan fingerprint density at radius 2 is 1.92 bits per heavy atom. The summed E-state index contributed by atoms with van der Waals surface area (Å²) >= 11 is 0. The molecule has 0 amide bonds. The fourth-order valence-corrected chi connectivity index (χ4v) is 2.75. The summed E-state index contributed by atoms with van der Waals surface area (Å²) in [5, 5.41) is 25.6. The molecule has 1 saturated heterocycles. The third kappa shape index (κ3) is 5.72. The molecule has 1 aliphatic heterocycles. The molecule has 8 heteroatoms. The van der Waals surface area contributed by atoms with Crippen LogP contribution in [-0.4, -0.2) is 56.7 Å². The van der Waals surface area contributed by atoms with Gasteiger partial charge in [0.1, 0.15) is 11.7 Å². The zero-order valence-electron chi connectivity index (χ0n) is 14.2. The monoisotopic (exact) mass is 356 g/mol. The van der Waals surface area contributed by atoms with Gasteiger partial charge in [0, 0.05) is 36.5 Å². The standard InChI is InChI=1S/C14H16N4.C4H4O4/c15-8-11-7-13-12(10-17-14(13)16-9-11)3-6-18-4-1-2-5-18;5-3(6)1-2-4(7)8/h7,9-10H,1-6H2,(H,16,17);1-2H,(H,5,6)(H,7,8)/b;2-1+. The first-order valence-corrected chi connectivity index (χ1v) is 8.22. The maximum absolute atomic E-state index is 9.55. The Bertz CT molecular complexity index is 828. The Balaban J connectivity index is 0.000000260. The minimum Gasteiger partial charge on any atom is -0.478 e. The van der Waals surface area contributed by atoms with Crippen molar-refractivity contribution in [2.24, 2.45) is 0 Å². The van der Waals surface area contributed by atoms with Crippen LogP contribution in [0, 0.1) is 11.3 Å². The van der Waals surface area contributed by atoms with Crippen LogP contribution in [-0.2, 0) is 16.0 Å². The number of nitriles is 1. The number of carboxylic acid groups (broad SMARTS) is 2. The van der Waals surface area contributed by atoms with Gasteiger partial charge in [0.2, 0.25) is 0 Å². The molecule has 0 saturated carbocycles. The highest BCUT2D eigenvalue weighted by Gasteiger charge is 2.12. The summed E-state index contributed by atoms with van der Waals surface area (Å²) in [4.78, 5) is 29.0. The number of fused-ring (bicyclic) bond motifs is 1. The first-order chi connectivity index (χ1) is 12.5. The van der Waals surface area contributed by atoms with E-state index in [1.165, 1.54) is 31.5 Å². The van der Waals surface area contributed by atoms with E-state index in [9.17, 15) is 9.59 Å². The Morgan fingerprint density at radius 3 is 2.50 bits per heavy atom. The summed E-state index contributed by atoms with van der Waals surface area (Å²) in [6, 6.07) is 4.08. The van der Waals surface area contributed by atoms with Crippen molar-refractivity contribution in [3.8, 4) is 6.07 Å². The van der Waals surface area contributed by atoms with E-state index < -0.39 is 11.9 Å². The van der Waals surface area contributed by atoms with Crippen LogP contribution in [0.3, 0.4) is 0 Å². The number of hydrogen-bond donors (Lipinski definition) is 3. The molecule has 26 heavy (non-hydrogen) atoms. The lowest BCUT2D eigenvalue weighted by atomic mass is 10.1. The molecule has 3 N–H and O–H groups in total. The highest BCUT2D eigenvalue weighted by molar-refractivity contribution is 5.89. The van der Waals surface area contributed by atoms with Crippen molar-refractivity contribution in [3.63, 3.8) is 0 Å². The number of likely N-dealkylation sites (tertiary alicyclic amines) is 1. The van der Waals surface area contributed by atoms with Crippen LogP contribution >= 0.6 is 0 Å². The van der Waals surface area contributed by atoms with Crippen molar-refractivity contribution in [1.82, 2.24) is 14.9 Å². The van der Waals surface area contributed by atoms with Gasteiger partial charge >= 0.3 is 11.9 Å². The number of aliphatic carboxylic acids is 2. The summed E-state index contributed by atoms with van der Waals surface area (Å²) in [7, 11) is 0. The number of carboxylic acids is 2. The van der Waals surface area contributed by atoms with Gasteiger partial charge in [-0.05, 0) is 44.0 Å². The lowest BCUT2D eigenvalue weighted by molar-refractivity contribution is -0.134. The summed E-state index contributed by atoms with van der Waals surface area (Å²) in [6.45, 7) is 3.55. The number of carbonyl (C=O) groups is 2. The molecule has 0 bridgehead atoms. The predicted octanol–water partition coefficient (Wildman–Crippen LogP) is 1.78. The third-order valence-corrected chi connectivity index (χ3v) is 4.01. The Labute approximate surface area is 150 Å². The molecule has 3 heterocycles. The van der Waals surface area contributed by atoms with E-state index in [0.29, 0.717) is 17.7 Å². The van der Waals surface area contributed by atoms with E-state index in [1.54, 1.807) is 6.20 Å². The van der Waals surface area contributed by atoms with E-state index in [-0.39, 0.29) is 0 Å². The molecule has 0 aliphatic carbocycles. The molecular weight excluding hydrogens is 336 g/mol. The van der Waals surface area contributed by atoms with Gasteiger partial charge < -0.3 is 20.1 Å². The van der Waals surface area contributed by atoms with Crippen molar-refractivity contribution in [1.29, 1.82) is 5.26 Å². The second-order valence-corrected chi connectivity index (χ2v) is 5.85. The Hall–Kier alpha value is -3.18. The molecular formula is C18H20N4O4. The van der Waals surface area contributed by atoms with Crippen molar-refractivity contribution in [3.05, 3.63) is 41.7 Å². The second-order valence-electron chi connectivity index (χ2n) is 5.85. The summed E-state index contributed by atoms with van der Waals surface area (Å²) in [5.74, 6) is -2.51. The SMILES string of the molecule is N#Cc1cnc2[nH]cc(CCN3CCCC3)c2c1.O=C(O)/C=C/C(=O)O. The fraction of sp³-hybridized carbons (Fsp3) is 0.333. The number of aromatic nitrogens is 2. The number of hydrogen-bond acceptors (Lipinski definition) is 5. The van der Waals surface area contributed by atoms with Gasteiger partial charge in [0.15, 0.2) is 0 Å². The highest BCUT2D eigenvalue weighted by Crippen LogP contribution is 2.19. The molecule has 2 aromatic rings. The van der Waals surface area contributed by atoms with Gasteiger partial charge in [-0.2, -0.15) is 5.26 Å². The van der Waals surface area contributed by atoms with Gasteiger partial charge in [-0.15, -0.1) is 0 Å². The zero-order valence-corrected chi connectivity index (χ0v) is 14.2. The molecule has 8 nitrogen and oxygen atoms in total. The van der Waals surface area contributed by atoms with E-state index in [4.69, 9.17) is 15.5 Å². The molecule has 3 rings (SSSR count). The highest BCUT2D eigenvalue weighted by atomic mass is 16.4. The number of H-pyrrole nitrogens is 1. The molecule has 1 aliphatic rings. The lowest BCUT2D eigenvalue weighted by Crippen LogP contribution is -2.21. The van der Waals surface area contributed by atoms with Gasteiger partial charge in [-0.3, -0.25) is 0 Å². The smallest absolute Gasteiger partial charge is 0.328 e. The number of nitrogens with zero attached hydrogens (tertiary/aromatic N) is 3. The van der Waals surface area contributed by atoms with Crippen LogP contribution in [0.5, 0.6) is 0 Å². The van der Waals surface area contributed by atoms with E-state index >= 15 is 0 Å². The van der Waals surface area contributed by atoms with Crippen LogP contribution in [0.4, 0.5) is 0 Å². The molecule has 2 aromatic heterocycles. The van der Waals surface area contributed by atoms with E-state index in [2.05, 4.69) is 20.9 Å². The predicted molar refractivity (Wildman–Crippen MR) is 94.6 cm³/mol. The van der Waals surface area contributed by atoms with Gasteiger partial charge in [0.05, 0.1) is 5.56 Å². The minimum absolute atomic E-state index is 0.558. The van der Waals surface area contributed by atoms with Gasteiger partial charge in [-0.25, -0.2) is 14.6 Å². The number of aromatic amines is 1. The molecule has 136 valence electrons. The zero-order chi connectivity index (χ0) is 18.9. The number of pyridine rings is 1. The van der Waals surface area contributed by atoms with Crippen LogP contribution < -0.4 is 0 Å². The molecule has 0 aromatic carbocycles. The lowest BCUT2D eigenvalue weighted by Gasteiger charge is -2.13. The third-order valence-electron chi connectivity index (χ3n) is 4.01. The first kappa shape index (κ1) is 19.1. The first-order valence-electron chi connectivity index (χ1n) is 8.22. The summed E-state index contributed by atoms with van der Waals surface area (Å²) in [6.07, 6.45) is 8.43. The molecule has 0 atom stereocenters. The second kappa shape index (κ2) is 9.34. The van der Waals surface area contributed by atoms with Crippen molar-refractivity contribution in [2.75, 3.05) is 19.6 Å². The molecule has 1 fully saturated rings. The summed E-state index contributed by atoms with van der Waals surface area (Å²) in [5.41, 5.74) is 2.77. The van der Waals surface area contributed by atoms with Gasteiger partial charge in [-0.1, -0.05) is 0 Å². The maximum Gasteiger partial charge on any atom is 0.328 e. The Kier molecular flexibility index (Phi) is 6.88. The average molecular weight is 356 g/mol. The molecule has 0 spiro atoms. The van der Waals surface area contributed by atoms with Crippen LogP contribution in [0.15, 0.2) is 30.6 Å². The van der Waals surface area contributed by atoms with Crippen LogP contribution in [0.2, 0.25) is 0 Å². The number of rotatable bonds is 5. The molecule has 0 radical (unpaired) electrons. The Morgan fingerprint density at radius 1 is 1.27 bits per heavy atom. The number of nitrogens with one attached hydrogen (secondary N) is 1. The average Bonchev–Trinajstić information content (AvgIpc) is 3.27. The van der Waals surface area contributed by atoms with Crippen molar-refractivity contribution >= 4 is 23.0 Å². The quantitative estimate of drug-likeness (QED) is 0.696. The van der Waals surface area contributed by atoms with Crippen LogP contribution in [0.1, 0.15) is 24.0 Å². The molecule has 0 unspecified atom stereocenters. The van der Waals surface area contributed by atoms with E-state index in [0.717, 1.165) is 24.0 Å². The maximum atomic E-state index is 9.55. The minimum atomic E-state index is -1.26. The summed E-state index contributed by atoms with van der Waals surface area (Å²) < 4.78 is 0. The van der Waals surface area contributed by atoms with Gasteiger partial charge in [0.25, 0.3) is 0 Å². The van der Waals surface area contributed by atoms with Crippen LogP contribution in [0.25, 0.3) is 11.0 Å². The largest absolute Gasteiger partial charge is 0.478 e. The fourth-order valence-electron chi connectivity index (χ4n) is 2.75. The van der Waals surface area contributed by atoms with Crippen molar-refractivity contribution < 1.29 is 19.8 Å². The normalized spacial score (nSPS) is 14.1.